The average Bonchev–Trinajstić information content (AvgIpc) is 3.21. The molecule has 5 nitrogen and oxygen atoms in total. The minimum absolute atomic E-state index is 0.0556. The lowest BCUT2D eigenvalue weighted by molar-refractivity contribution is 0.0787. The molecule has 3 heterocycles. The highest BCUT2D eigenvalue weighted by molar-refractivity contribution is 5.94. The van der Waals surface area contributed by atoms with Crippen molar-refractivity contribution in [3.05, 3.63) is 60.7 Å². The third-order valence-corrected chi connectivity index (χ3v) is 4.23. The minimum Gasteiger partial charge on any atom is -0.336 e. The van der Waals surface area contributed by atoms with Gasteiger partial charge in [-0.25, -0.2) is 4.98 Å². The van der Waals surface area contributed by atoms with E-state index in [9.17, 15) is 4.79 Å². The van der Waals surface area contributed by atoms with E-state index in [1.165, 1.54) is 0 Å². The summed E-state index contributed by atoms with van der Waals surface area (Å²) in [6.07, 6.45) is 6.14. The van der Waals surface area contributed by atoms with Gasteiger partial charge in [0.05, 0.1) is 29.0 Å². The van der Waals surface area contributed by atoms with Crippen LogP contribution in [0, 0.1) is 0 Å². The quantitative estimate of drug-likeness (QED) is 0.729. The standard InChI is InChI=1S/C17H16N4O/c22-17(13-4-3-8-18-10-13)20-9-7-14(11-20)21-12-19-15-5-1-2-6-16(15)21/h1-6,8,10,12,14H,7,9,11H2/t14-/m1/s1. The fraction of sp³-hybridized carbons (Fsp3) is 0.235. The molecule has 0 radical (unpaired) electrons. The molecule has 1 saturated heterocycles. The van der Waals surface area contributed by atoms with E-state index in [1.807, 2.05) is 35.5 Å². The third-order valence-electron chi connectivity index (χ3n) is 4.23. The second-order valence-electron chi connectivity index (χ2n) is 5.58. The Labute approximate surface area is 128 Å². The molecule has 0 saturated carbocycles. The van der Waals surface area contributed by atoms with Gasteiger partial charge in [-0.1, -0.05) is 12.1 Å². The highest BCUT2D eigenvalue weighted by Crippen LogP contribution is 2.26. The first-order valence-corrected chi connectivity index (χ1v) is 7.44. The number of rotatable bonds is 2. The third kappa shape index (κ3) is 2.15. The average molecular weight is 292 g/mol. The fourth-order valence-electron chi connectivity index (χ4n) is 3.09. The van der Waals surface area contributed by atoms with Gasteiger partial charge in [-0.2, -0.15) is 0 Å². The minimum atomic E-state index is 0.0556. The van der Waals surface area contributed by atoms with Crippen molar-refractivity contribution in [1.82, 2.24) is 19.4 Å². The summed E-state index contributed by atoms with van der Waals surface area (Å²) < 4.78 is 2.19. The first-order chi connectivity index (χ1) is 10.8. The van der Waals surface area contributed by atoms with Crippen molar-refractivity contribution < 1.29 is 4.79 Å². The molecule has 4 rings (SSSR count). The van der Waals surface area contributed by atoms with Gasteiger partial charge in [-0.15, -0.1) is 0 Å². The summed E-state index contributed by atoms with van der Waals surface area (Å²) >= 11 is 0. The van der Waals surface area contributed by atoms with Crippen LogP contribution in [-0.4, -0.2) is 38.4 Å². The Hall–Kier alpha value is -2.69. The van der Waals surface area contributed by atoms with Crippen molar-refractivity contribution in [3.8, 4) is 0 Å². The highest BCUT2D eigenvalue weighted by atomic mass is 16.2. The Morgan fingerprint density at radius 3 is 2.95 bits per heavy atom. The van der Waals surface area contributed by atoms with Crippen LogP contribution in [0.5, 0.6) is 0 Å². The fourth-order valence-corrected chi connectivity index (χ4v) is 3.09. The summed E-state index contributed by atoms with van der Waals surface area (Å²) in [6, 6.07) is 12.0. The van der Waals surface area contributed by atoms with Crippen LogP contribution in [0.4, 0.5) is 0 Å². The molecule has 5 heteroatoms. The van der Waals surface area contributed by atoms with Crippen molar-refractivity contribution in [2.45, 2.75) is 12.5 Å². The second-order valence-corrected chi connectivity index (χ2v) is 5.58. The maximum absolute atomic E-state index is 12.5. The number of imidazole rings is 1. The summed E-state index contributed by atoms with van der Waals surface area (Å²) in [7, 11) is 0. The van der Waals surface area contributed by atoms with E-state index in [-0.39, 0.29) is 11.9 Å². The molecule has 0 unspecified atom stereocenters. The molecular formula is C17H16N4O. The number of pyridine rings is 1. The molecule has 1 fully saturated rings. The predicted molar refractivity (Wildman–Crippen MR) is 83.5 cm³/mol. The lowest BCUT2D eigenvalue weighted by atomic mass is 10.2. The van der Waals surface area contributed by atoms with Crippen molar-refractivity contribution in [2.24, 2.45) is 0 Å². The van der Waals surface area contributed by atoms with Gasteiger partial charge in [0, 0.05) is 25.5 Å². The molecule has 1 atom stereocenters. The van der Waals surface area contributed by atoms with Crippen LogP contribution in [0.1, 0.15) is 22.8 Å². The summed E-state index contributed by atoms with van der Waals surface area (Å²) in [5, 5.41) is 0. The van der Waals surface area contributed by atoms with Gasteiger partial charge < -0.3 is 9.47 Å². The molecule has 0 spiro atoms. The van der Waals surface area contributed by atoms with E-state index in [1.54, 1.807) is 18.5 Å². The number of benzene rings is 1. The summed E-state index contributed by atoms with van der Waals surface area (Å²) in [5.74, 6) is 0.0556. The van der Waals surface area contributed by atoms with Crippen LogP contribution < -0.4 is 0 Å². The monoisotopic (exact) mass is 292 g/mol. The number of fused-ring (bicyclic) bond motifs is 1. The molecule has 0 aliphatic carbocycles. The van der Waals surface area contributed by atoms with Crippen molar-refractivity contribution >= 4 is 16.9 Å². The number of likely N-dealkylation sites (tertiary alicyclic amines) is 1. The van der Waals surface area contributed by atoms with Gasteiger partial charge in [0.25, 0.3) is 5.91 Å². The van der Waals surface area contributed by atoms with Crippen LogP contribution >= 0.6 is 0 Å². The first kappa shape index (κ1) is 13.0. The molecule has 1 aliphatic heterocycles. The summed E-state index contributed by atoms with van der Waals surface area (Å²) in [4.78, 5) is 22.9. The molecule has 1 amide bonds. The number of amides is 1. The normalized spacial score (nSPS) is 18.0. The number of hydrogen-bond donors (Lipinski definition) is 0. The molecule has 22 heavy (non-hydrogen) atoms. The van der Waals surface area contributed by atoms with Crippen molar-refractivity contribution in [3.63, 3.8) is 0 Å². The smallest absolute Gasteiger partial charge is 0.255 e. The molecule has 0 N–H and O–H groups in total. The van der Waals surface area contributed by atoms with E-state index >= 15 is 0 Å². The van der Waals surface area contributed by atoms with Crippen molar-refractivity contribution in [2.75, 3.05) is 13.1 Å². The Bertz CT molecular complexity index is 812. The van der Waals surface area contributed by atoms with E-state index in [0.29, 0.717) is 12.1 Å². The van der Waals surface area contributed by atoms with Crippen molar-refractivity contribution in [1.29, 1.82) is 0 Å². The zero-order valence-corrected chi connectivity index (χ0v) is 12.1. The van der Waals surface area contributed by atoms with Gasteiger partial charge in [0.1, 0.15) is 0 Å². The number of aromatic nitrogens is 3. The van der Waals surface area contributed by atoms with Crippen LogP contribution in [0.2, 0.25) is 0 Å². The number of nitrogens with zero attached hydrogens (tertiary/aromatic N) is 4. The van der Waals surface area contributed by atoms with E-state index in [4.69, 9.17) is 0 Å². The second kappa shape index (κ2) is 5.26. The maximum Gasteiger partial charge on any atom is 0.255 e. The number of para-hydroxylation sites is 2. The molecule has 1 aromatic carbocycles. The summed E-state index contributed by atoms with van der Waals surface area (Å²) in [5.41, 5.74) is 2.78. The van der Waals surface area contributed by atoms with Crippen LogP contribution in [0.25, 0.3) is 11.0 Å². The Balaban J connectivity index is 1.56. The highest BCUT2D eigenvalue weighted by Gasteiger charge is 2.28. The predicted octanol–water partition coefficient (Wildman–Crippen LogP) is 2.52. The SMILES string of the molecule is O=C(c1cccnc1)N1CC[C@@H](n2cnc3ccccc32)C1. The summed E-state index contributed by atoms with van der Waals surface area (Å²) in [6.45, 7) is 1.49. The van der Waals surface area contributed by atoms with E-state index < -0.39 is 0 Å². The molecular weight excluding hydrogens is 276 g/mol. The largest absolute Gasteiger partial charge is 0.336 e. The first-order valence-electron chi connectivity index (χ1n) is 7.44. The Morgan fingerprint density at radius 2 is 2.09 bits per heavy atom. The number of carbonyl (C=O) groups is 1. The lowest BCUT2D eigenvalue weighted by Gasteiger charge is -2.17. The Morgan fingerprint density at radius 1 is 1.18 bits per heavy atom. The maximum atomic E-state index is 12.5. The zero-order valence-electron chi connectivity index (χ0n) is 12.1. The lowest BCUT2D eigenvalue weighted by Crippen LogP contribution is -2.29. The van der Waals surface area contributed by atoms with Gasteiger partial charge >= 0.3 is 0 Å². The van der Waals surface area contributed by atoms with Crippen LogP contribution in [-0.2, 0) is 0 Å². The number of hydrogen-bond acceptors (Lipinski definition) is 3. The van der Waals surface area contributed by atoms with E-state index in [2.05, 4.69) is 20.6 Å². The number of carbonyl (C=O) groups excluding carboxylic acids is 1. The topological polar surface area (TPSA) is 51.0 Å². The molecule has 1 aliphatic rings. The van der Waals surface area contributed by atoms with Gasteiger partial charge in [-0.05, 0) is 30.7 Å². The Kier molecular flexibility index (Phi) is 3.11. The molecule has 0 bridgehead atoms. The molecule has 2 aromatic heterocycles. The van der Waals surface area contributed by atoms with Crippen LogP contribution in [0.3, 0.4) is 0 Å². The van der Waals surface area contributed by atoms with Crippen LogP contribution in [0.15, 0.2) is 55.1 Å². The van der Waals surface area contributed by atoms with Gasteiger partial charge in [-0.3, -0.25) is 9.78 Å². The molecule has 110 valence electrons. The van der Waals surface area contributed by atoms with Gasteiger partial charge in [0.2, 0.25) is 0 Å². The van der Waals surface area contributed by atoms with E-state index in [0.717, 1.165) is 24.0 Å². The zero-order chi connectivity index (χ0) is 14.9. The molecule has 3 aromatic rings. The van der Waals surface area contributed by atoms with Gasteiger partial charge in [0.15, 0.2) is 0 Å².